The lowest BCUT2D eigenvalue weighted by Crippen LogP contribution is -1.37. The van der Waals surface area contributed by atoms with E-state index in [9.17, 15) is 0 Å². The normalized spacial score (nSPS) is 4.20. The standard InChI is InChI=1S/C4H5N/c1-3-4-5-2/h2H2,1H3. The van der Waals surface area contributed by atoms with Crippen LogP contribution in [0.5, 0.6) is 0 Å². The molecule has 0 saturated carbocycles. The molecule has 0 rings (SSSR count). The fraction of sp³-hybridized carbons (Fsp3) is 0.250. The largest absolute Gasteiger partial charge is 0.214 e. The molecule has 0 fully saturated rings. The Morgan fingerprint density at radius 1 is 1.80 bits per heavy atom. The minimum atomic E-state index is 1.72. The van der Waals surface area contributed by atoms with Crippen molar-refractivity contribution in [1.29, 1.82) is 0 Å². The van der Waals surface area contributed by atoms with Crippen LogP contribution >= 0.6 is 0 Å². The van der Waals surface area contributed by atoms with Gasteiger partial charge in [0.1, 0.15) is 0 Å². The van der Waals surface area contributed by atoms with Gasteiger partial charge in [-0.25, -0.2) is 4.99 Å². The summed E-state index contributed by atoms with van der Waals surface area (Å²) in [5.74, 6) is 2.54. The second kappa shape index (κ2) is 3.23. The average molecular weight is 67.1 g/mol. The fourth-order valence-electron chi connectivity index (χ4n) is 0.0791. The molecule has 0 atom stereocenters. The highest BCUT2D eigenvalue weighted by molar-refractivity contribution is 5.27. The summed E-state index contributed by atoms with van der Waals surface area (Å²) in [6, 6.07) is 2.38. The Bertz CT molecular complexity index is 73.4. The summed E-state index contributed by atoms with van der Waals surface area (Å²) >= 11 is 0. The summed E-state index contributed by atoms with van der Waals surface area (Å²) in [4.78, 5) is 3.24. The average Bonchev–Trinajstić information content (AvgIpc) is 1.41. The van der Waals surface area contributed by atoms with Crippen LogP contribution in [0.4, 0.5) is 0 Å². The van der Waals surface area contributed by atoms with Crippen LogP contribution in [0.2, 0.25) is 0 Å². The number of rotatable bonds is 0. The first kappa shape index (κ1) is 4.23. The van der Waals surface area contributed by atoms with Crippen LogP contribution in [0.1, 0.15) is 6.92 Å². The van der Waals surface area contributed by atoms with E-state index in [4.69, 9.17) is 0 Å². The molecule has 0 aromatic rings. The van der Waals surface area contributed by atoms with E-state index in [1.54, 1.807) is 6.92 Å². The van der Waals surface area contributed by atoms with Crippen LogP contribution in [0.15, 0.2) is 4.99 Å². The van der Waals surface area contributed by atoms with Crippen molar-refractivity contribution in [2.24, 2.45) is 4.99 Å². The summed E-state index contributed by atoms with van der Waals surface area (Å²) in [5.41, 5.74) is 0. The molecular formula is C4H5N. The molecule has 1 nitrogen and oxygen atoms in total. The molecule has 26 valence electrons. The maximum Gasteiger partial charge on any atom is 0.0327 e. The second-order valence-electron chi connectivity index (χ2n) is 0.520. The highest BCUT2D eigenvalue weighted by atomic mass is 14.6. The molecule has 0 spiro atoms. The number of nitrogens with zero attached hydrogens (tertiary/aromatic N) is 1. The third-order valence-electron chi connectivity index (χ3n) is 0.191. The molecule has 1 heteroatoms. The van der Waals surface area contributed by atoms with Crippen molar-refractivity contribution in [1.82, 2.24) is 0 Å². The molecule has 0 saturated heterocycles. The van der Waals surface area contributed by atoms with Crippen LogP contribution in [-0.4, -0.2) is 6.72 Å². The molecule has 0 aliphatic rings. The Hall–Kier alpha value is -0.770. The highest BCUT2D eigenvalue weighted by Gasteiger charge is 1.35. The number of hydrogen-bond donors (Lipinski definition) is 0. The van der Waals surface area contributed by atoms with Gasteiger partial charge in [-0.05, 0) is 6.92 Å². The molecule has 0 aromatic heterocycles. The Morgan fingerprint density at radius 2 is 2.40 bits per heavy atom. The zero-order valence-corrected chi connectivity index (χ0v) is 3.15. The third kappa shape index (κ3) is 3.23. The Morgan fingerprint density at radius 3 is 2.40 bits per heavy atom. The van der Waals surface area contributed by atoms with Crippen LogP contribution in [0, 0.1) is 12.0 Å². The van der Waals surface area contributed by atoms with Gasteiger partial charge in [0.2, 0.25) is 0 Å². The van der Waals surface area contributed by atoms with E-state index in [1.165, 1.54) is 0 Å². The lowest BCUT2D eigenvalue weighted by molar-refractivity contribution is 1.72. The highest BCUT2D eigenvalue weighted by Crippen LogP contribution is 1.47. The van der Waals surface area contributed by atoms with Gasteiger partial charge in [-0.15, -0.1) is 0 Å². The van der Waals surface area contributed by atoms with Crippen LogP contribution < -0.4 is 0 Å². The van der Waals surface area contributed by atoms with Crippen molar-refractivity contribution in [3.63, 3.8) is 0 Å². The van der Waals surface area contributed by atoms with Crippen molar-refractivity contribution in [2.75, 3.05) is 0 Å². The van der Waals surface area contributed by atoms with E-state index < -0.39 is 0 Å². The van der Waals surface area contributed by atoms with Gasteiger partial charge < -0.3 is 0 Å². The predicted octanol–water partition coefficient (Wildman–Crippen LogP) is 0.668. The first-order chi connectivity index (χ1) is 2.41. The maximum atomic E-state index is 3.24. The Balaban J connectivity index is 3.16. The maximum absolute atomic E-state index is 3.24. The second-order valence-corrected chi connectivity index (χ2v) is 0.520. The van der Waals surface area contributed by atoms with Crippen molar-refractivity contribution < 1.29 is 0 Å². The molecule has 0 radical (unpaired) electrons. The summed E-state index contributed by atoms with van der Waals surface area (Å²) < 4.78 is 0. The van der Waals surface area contributed by atoms with Crippen molar-refractivity contribution >= 4 is 6.72 Å². The molecule has 0 aliphatic carbocycles. The molecule has 0 unspecified atom stereocenters. The van der Waals surface area contributed by atoms with Crippen LogP contribution in [0.3, 0.4) is 0 Å². The van der Waals surface area contributed by atoms with Gasteiger partial charge in [0.05, 0.1) is 0 Å². The van der Waals surface area contributed by atoms with Gasteiger partial charge in [-0.3, -0.25) is 0 Å². The topological polar surface area (TPSA) is 12.4 Å². The zero-order chi connectivity index (χ0) is 4.12. The molecule has 0 bridgehead atoms. The molecule has 0 aliphatic heterocycles. The molecule has 0 heterocycles. The number of aliphatic imine (C=N–C) groups is 1. The van der Waals surface area contributed by atoms with Crippen LogP contribution in [0.25, 0.3) is 0 Å². The fourth-order valence-corrected chi connectivity index (χ4v) is 0.0791. The molecular weight excluding hydrogens is 62.1 g/mol. The lowest BCUT2D eigenvalue weighted by Gasteiger charge is -1.49. The molecule has 0 N–H and O–H groups in total. The summed E-state index contributed by atoms with van der Waals surface area (Å²) in [7, 11) is 0. The molecule has 0 amide bonds. The van der Waals surface area contributed by atoms with E-state index >= 15 is 0 Å². The Labute approximate surface area is 31.7 Å². The quantitative estimate of drug-likeness (QED) is 0.291. The lowest BCUT2D eigenvalue weighted by atomic mass is 10.8. The van der Waals surface area contributed by atoms with Crippen molar-refractivity contribution in [3.05, 3.63) is 0 Å². The van der Waals surface area contributed by atoms with E-state index in [1.807, 2.05) is 0 Å². The van der Waals surface area contributed by atoms with Crippen molar-refractivity contribution in [2.45, 2.75) is 6.92 Å². The van der Waals surface area contributed by atoms with E-state index in [-0.39, 0.29) is 0 Å². The molecule has 5 heavy (non-hydrogen) atoms. The van der Waals surface area contributed by atoms with Gasteiger partial charge in [-0.2, -0.15) is 0 Å². The first-order valence-corrected chi connectivity index (χ1v) is 1.29. The number of hydrogen-bond acceptors (Lipinski definition) is 1. The van der Waals surface area contributed by atoms with Gasteiger partial charge in [-0.1, -0.05) is 5.92 Å². The Kier molecular flexibility index (Phi) is 2.73. The van der Waals surface area contributed by atoms with Crippen LogP contribution in [-0.2, 0) is 0 Å². The third-order valence-corrected chi connectivity index (χ3v) is 0.191. The minimum absolute atomic E-state index is 1.72. The minimum Gasteiger partial charge on any atom is -0.214 e. The monoisotopic (exact) mass is 67.0 g/mol. The molecule has 0 aromatic carbocycles. The van der Waals surface area contributed by atoms with E-state index in [0.717, 1.165) is 0 Å². The van der Waals surface area contributed by atoms with Gasteiger partial charge in [0.15, 0.2) is 0 Å². The SMILES string of the molecule is C=NC#CC. The summed E-state index contributed by atoms with van der Waals surface area (Å²) in [5, 5.41) is 0. The summed E-state index contributed by atoms with van der Waals surface area (Å²) in [6.07, 6.45) is 0. The van der Waals surface area contributed by atoms with Gasteiger partial charge in [0, 0.05) is 12.8 Å². The van der Waals surface area contributed by atoms with E-state index in [0.29, 0.717) is 0 Å². The first-order valence-electron chi connectivity index (χ1n) is 1.29. The zero-order valence-electron chi connectivity index (χ0n) is 3.15. The smallest absolute Gasteiger partial charge is 0.0327 e. The van der Waals surface area contributed by atoms with Crippen molar-refractivity contribution in [3.8, 4) is 12.0 Å². The van der Waals surface area contributed by atoms with E-state index in [2.05, 4.69) is 23.7 Å². The predicted molar refractivity (Wildman–Crippen MR) is 23.0 cm³/mol. The van der Waals surface area contributed by atoms with Gasteiger partial charge in [0.25, 0.3) is 0 Å². The summed E-state index contributed by atoms with van der Waals surface area (Å²) in [6.45, 7) is 4.84. The van der Waals surface area contributed by atoms with Gasteiger partial charge >= 0.3 is 0 Å².